The highest BCUT2D eigenvalue weighted by atomic mass is 16.5. The Bertz CT molecular complexity index is 556. The molecule has 0 atom stereocenters. The topological polar surface area (TPSA) is 67.8 Å². The smallest absolute Gasteiger partial charge is 0.191 e. The van der Waals surface area contributed by atoms with Crippen LogP contribution in [0.5, 0.6) is 5.75 Å². The van der Waals surface area contributed by atoms with Gasteiger partial charge < -0.3 is 20.1 Å². The van der Waals surface area contributed by atoms with Gasteiger partial charge in [-0.1, -0.05) is 0 Å². The fourth-order valence-corrected chi connectivity index (χ4v) is 2.55. The van der Waals surface area contributed by atoms with E-state index in [1.165, 1.54) is 12.8 Å². The van der Waals surface area contributed by atoms with Crippen molar-refractivity contribution in [3.63, 3.8) is 0 Å². The second kappa shape index (κ2) is 9.47. The second-order valence-corrected chi connectivity index (χ2v) is 6.27. The quantitative estimate of drug-likeness (QED) is 0.412. The summed E-state index contributed by atoms with van der Waals surface area (Å²) in [5.41, 5.74) is 3.08. The van der Waals surface area contributed by atoms with Crippen LogP contribution in [-0.2, 0) is 11.3 Å². The minimum atomic E-state index is 0.611. The van der Waals surface area contributed by atoms with Crippen LogP contribution in [0.3, 0.4) is 0 Å². The highest BCUT2D eigenvalue weighted by molar-refractivity contribution is 5.79. The third kappa shape index (κ3) is 5.67. The number of pyridine rings is 1. The molecule has 2 N–H and O–H groups in total. The van der Waals surface area contributed by atoms with Crippen molar-refractivity contribution in [2.24, 2.45) is 10.9 Å². The zero-order chi connectivity index (χ0) is 17.4. The van der Waals surface area contributed by atoms with Gasteiger partial charge in [0.15, 0.2) is 5.96 Å². The van der Waals surface area contributed by atoms with Gasteiger partial charge in [0.2, 0.25) is 0 Å². The van der Waals surface area contributed by atoms with E-state index in [4.69, 9.17) is 9.47 Å². The molecule has 1 heterocycles. The second-order valence-electron chi connectivity index (χ2n) is 6.27. The first-order valence-electron chi connectivity index (χ1n) is 8.67. The number of methoxy groups -OCH3 is 1. The van der Waals surface area contributed by atoms with Crippen molar-refractivity contribution in [1.82, 2.24) is 15.6 Å². The van der Waals surface area contributed by atoms with E-state index < -0.39 is 0 Å². The number of nitrogens with zero attached hydrogens (tertiary/aromatic N) is 2. The van der Waals surface area contributed by atoms with Crippen LogP contribution in [-0.4, -0.2) is 44.9 Å². The molecule has 1 fully saturated rings. The molecule has 0 saturated heterocycles. The van der Waals surface area contributed by atoms with E-state index in [1.54, 1.807) is 14.2 Å². The Morgan fingerprint density at radius 1 is 1.33 bits per heavy atom. The predicted molar refractivity (Wildman–Crippen MR) is 96.6 cm³/mol. The van der Waals surface area contributed by atoms with Crippen LogP contribution in [0.25, 0.3) is 0 Å². The third-order valence-electron chi connectivity index (χ3n) is 4.21. The fraction of sp³-hybridized carbons (Fsp3) is 0.667. The van der Waals surface area contributed by atoms with Gasteiger partial charge in [-0.2, -0.15) is 0 Å². The molecule has 0 radical (unpaired) electrons. The Morgan fingerprint density at radius 3 is 2.79 bits per heavy atom. The molecule has 1 aliphatic carbocycles. The molecule has 0 spiro atoms. The minimum absolute atomic E-state index is 0.611. The van der Waals surface area contributed by atoms with Gasteiger partial charge in [-0.15, -0.1) is 0 Å². The van der Waals surface area contributed by atoms with E-state index in [-0.39, 0.29) is 0 Å². The molecule has 0 unspecified atom stereocenters. The first-order chi connectivity index (χ1) is 11.7. The zero-order valence-electron chi connectivity index (χ0n) is 15.3. The predicted octanol–water partition coefficient (Wildman–Crippen LogP) is 2.19. The average Bonchev–Trinajstić information content (AvgIpc) is 3.39. The number of nitrogens with one attached hydrogen (secondary N) is 2. The minimum Gasteiger partial charge on any atom is -0.496 e. The van der Waals surface area contributed by atoms with Crippen molar-refractivity contribution in [3.05, 3.63) is 23.0 Å². The molecular weight excluding hydrogens is 304 g/mol. The fourth-order valence-electron chi connectivity index (χ4n) is 2.55. The molecule has 2 rings (SSSR count). The van der Waals surface area contributed by atoms with Crippen molar-refractivity contribution in [1.29, 1.82) is 0 Å². The van der Waals surface area contributed by atoms with E-state index >= 15 is 0 Å². The molecule has 0 bridgehead atoms. The summed E-state index contributed by atoms with van der Waals surface area (Å²) in [7, 11) is 3.47. The number of rotatable bonds is 9. The molecule has 0 aromatic carbocycles. The average molecular weight is 334 g/mol. The standard InChI is InChI=1S/C18H30N4O2/c1-13-10-21-16(14(2)17(13)23-4)11-22-18(19-3)20-8-5-9-24-12-15-6-7-15/h10,15H,5-9,11-12H2,1-4H3,(H2,19,20,22). The Kier molecular flexibility index (Phi) is 7.31. The molecular formula is C18H30N4O2. The molecule has 1 aromatic rings. The van der Waals surface area contributed by atoms with Gasteiger partial charge in [-0.05, 0) is 39.0 Å². The molecule has 6 nitrogen and oxygen atoms in total. The van der Waals surface area contributed by atoms with Crippen LogP contribution in [0.2, 0.25) is 0 Å². The monoisotopic (exact) mass is 334 g/mol. The van der Waals surface area contributed by atoms with E-state index in [0.717, 1.165) is 60.6 Å². The maximum absolute atomic E-state index is 5.63. The van der Waals surface area contributed by atoms with Crippen LogP contribution in [0.1, 0.15) is 36.1 Å². The first kappa shape index (κ1) is 18.5. The van der Waals surface area contributed by atoms with Gasteiger partial charge in [0.25, 0.3) is 0 Å². The summed E-state index contributed by atoms with van der Waals surface area (Å²) in [6.07, 6.45) is 5.50. The summed E-state index contributed by atoms with van der Waals surface area (Å²) in [4.78, 5) is 8.73. The Morgan fingerprint density at radius 2 is 2.12 bits per heavy atom. The summed E-state index contributed by atoms with van der Waals surface area (Å²) in [5.74, 6) is 2.50. The van der Waals surface area contributed by atoms with Crippen molar-refractivity contribution < 1.29 is 9.47 Å². The largest absolute Gasteiger partial charge is 0.496 e. The van der Waals surface area contributed by atoms with Gasteiger partial charge >= 0.3 is 0 Å². The zero-order valence-corrected chi connectivity index (χ0v) is 15.3. The summed E-state index contributed by atoms with van der Waals surface area (Å²) < 4.78 is 11.1. The number of guanidine groups is 1. The lowest BCUT2D eigenvalue weighted by molar-refractivity contribution is 0.123. The number of hydrogen-bond acceptors (Lipinski definition) is 4. The van der Waals surface area contributed by atoms with Crippen LogP contribution >= 0.6 is 0 Å². The molecule has 1 aliphatic rings. The van der Waals surface area contributed by atoms with Crippen molar-refractivity contribution in [3.8, 4) is 5.75 Å². The number of ether oxygens (including phenoxy) is 2. The van der Waals surface area contributed by atoms with Gasteiger partial charge in [-0.3, -0.25) is 9.98 Å². The van der Waals surface area contributed by atoms with Crippen LogP contribution < -0.4 is 15.4 Å². The summed E-state index contributed by atoms with van der Waals surface area (Å²) in [6.45, 7) is 7.21. The van der Waals surface area contributed by atoms with Crippen molar-refractivity contribution in [2.45, 2.75) is 39.7 Å². The first-order valence-corrected chi connectivity index (χ1v) is 8.67. The molecule has 24 heavy (non-hydrogen) atoms. The van der Waals surface area contributed by atoms with Gasteiger partial charge in [0, 0.05) is 44.1 Å². The maximum atomic E-state index is 5.63. The molecule has 0 amide bonds. The number of hydrogen-bond donors (Lipinski definition) is 2. The highest BCUT2D eigenvalue weighted by Gasteiger charge is 2.20. The number of aromatic nitrogens is 1. The third-order valence-corrected chi connectivity index (χ3v) is 4.21. The van der Waals surface area contributed by atoms with E-state index in [2.05, 4.69) is 20.6 Å². The van der Waals surface area contributed by atoms with E-state index in [1.807, 2.05) is 20.0 Å². The summed E-state index contributed by atoms with van der Waals surface area (Å²) in [6, 6.07) is 0. The van der Waals surface area contributed by atoms with Gasteiger partial charge in [0.05, 0.1) is 19.3 Å². The number of aliphatic imine (C=N–C) groups is 1. The Hall–Kier alpha value is -1.82. The SMILES string of the molecule is CN=C(NCCCOCC1CC1)NCc1ncc(C)c(OC)c1C. The molecule has 6 heteroatoms. The Labute approximate surface area is 145 Å². The van der Waals surface area contributed by atoms with Crippen molar-refractivity contribution >= 4 is 5.96 Å². The molecule has 0 aliphatic heterocycles. The van der Waals surface area contributed by atoms with E-state index in [9.17, 15) is 0 Å². The lowest BCUT2D eigenvalue weighted by Crippen LogP contribution is -2.38. The van der Waals surface area contributed by atoms with Gasteiger partial charge in [-0.25, -0.2) is 0 Å². The number of aryl methyl sites for hydroxylation is 1. The molecule has 1 aromatic heterocycles. The van der Waals surface area contributed by atoms with Crippen molar-refractivity contribution in [2.75, 3.05) is 33.9 Å². The highest BCUT2D eigenvalue weighted by Crippen LogP contribution is 2.28. The summed E-state index contributed by atoms with van der Waals surface area (Å²) in [5, 5.41) is 6.60. The Balaban J connectivity index is 1.70. The maximum Gasteiger partial charge on any atom is 0.191 e. The lowest BCUT2D eigenvalue weighted by Gasteiger charge is -2.15. The van der Waals surface area contributed by atoms with Crippen LogP contribution in [0, 0.1) is 19.8 Å². The van der Waals surface area contributed by atoms with Crippen LogP contribution in [0.4, 0.5) is 0 Å². The lowest BCUT2D eigenvalue weighted by atomic mass is 10.1. The normalized spacial score (nSPS) is 14.6. The molecule has 1 saturated carbocycles. The van der Waals surface area contributed by atoms with E-state index in [0.29, 0.717) is 6.54 Å². The molecule has 134 valence electrons. The van der Waals surface area contributed by atoms with Gasteiger partial charge in [0.1, 0.15) is 5.75 Å². The summed E-state index contributed by atoms with van der Waals surface area (Å²) >= 11 is 0. The van der Waals surface area contributed by atoms with Crippen LogP contribution in [0.15, 0.2) is 11.2 Å².